The summed E-state index contributed by atoms with van der Waals surface area (Å²) in [6.45, 7) is 4.17. The Kier molecular flexibility index (Phi) is 8.21. The molecule has 18 heavy (non-hydrogen) atoms. The third-order valence-electron chi connectivity index (χ3n) is 3.03. The van der Waals surface area contributed by atoms with Crippen molar-refractivity contribution >= 4 is 24.0 Å². The third-order valence-corrected chi connectivity index (χ3v) is 3.03. The zero-order valence-corrected chi connectivity index (χ0v) is 11.9. The van der Waals surface area contributed by atoms with E-state index in [0.29, 0.717) is 18.9 Å². The van der Waals surface area contributed by atoms with Gasteiger partial charge >= 0.3 is 0 Å². The summed E-state index contributed by atoms with van der Waals surface area (Å²) in [7, 11) is 0. The van der Waals surface area contributed by atoms with Gasteiger partial charge in [0.2, 0.25) is 5.91 Å². The lowest BCUT2D eigenvalue weighted by Gasteiger charge is -2.14. The summed E-state index contributed by atoms with van der Waals surface area (Å²) in [5.41, 5.74) is 7.64. The minimum atomic E-state index is 0. The minimum absolute atomic E-state index is 0. The summed E-state index contributed by atoms with van der Waals surface area (Å²) >= 11 is 0. The van der Waals surface area contributed by atoms with Crippen LogP contribution in [-0.2, 0) is 11.2 Å². The topological polar surface area (TPSA) is 55.1 Å². The van der Waals surface area contributed by atoms with E-state index in [2.05, 4.69) is 19.2 Å². The fourth-order valence-corrected chi connectivity index (χ4v) is 1.80. The van der Waals surface area contributed by atoms with Crippen molar-refractivity contribution in [2.24, 2.45) is 0 Å². The molecule has 0 saturated heterocycles. The Bertz CT molecular complexity index is 365. The van der Waals surface area contributed by atoms with Crippen molar-refractivity contribution in [2.75, 3.05) is 5.73 Å². The molecule has 3 nitrogen and oxygen atoms in total. The molecule has 1 aromatic carbocycles. The third kappa shape index (κ3) is 5.41. The Morgan fingerprint density at radius 3 is 2.44 bits per heavy atom. The van der Waals surface area contributed by atoms with Crippen LogP contribution in [0.25, 0.3) is 0 Å². The number of nitrogens with two attached hydrogens (primary N) is 1. The van der Waals surface area contributed by atoms with Gasteiger partial charge in [-0.25, -0.2) is 0 Å². The van der Waals surface area contributed by atoms with Crippen LogP contribution in [0, 0.1) is 0 Å². The number of benzene rings is 1. The lowest BCUT2D eigenvalue weighted by molar-refractivity contribution is -0.121. The van der Waals surface area contributed by atoms with E-state index >= 15 is 0 Å². The van der Waals surface area contributed by atoms with Gasteiger partial charge in [-0.15, -0.1) is 12.4 Å². The SMILES string of the molecule is CCC(CC)NC(=O)CCc1ccccc1N.Cl. The first kappa shape index (κ1) is 16.8. The fourth-order valence-electron chi connectivity index (χ4n) is 1.80. The van der Waals surface area contributed by atoms with E-state index in [1.165, 1.54) is 0 Å². The summed E-state index contributed by atoms with van der Waals surface area (Å²) < 4.78 is 0. The van der Waals surface area contributed by atoms with Gasteiger partial charge in [-0.2, -0.15) is 0 Å². The van der Waals surface area contributed by atoms with Crippen LogP contribution in [0.1, 0.15) is 38.7 Å². The average Bonchev–Trinajstić information content (AvgIpc) is 2.35. The summed E-state index contributed by atoms with van der Waals surface area (Å²) in [6.07, 6.45) is 3.18. The van der Waals surface area contributed by atoms with E-state index in [-0.39, 0.29) is 18.3 Å². The number of carbonyl (C=O) groups excluding carboxylic acids is 1. The first-order chi connectivity index (χ1) is 8.17. The Balaban J connectivity index is 0.00000289. The Morgan fingerprint density at radius 2 is 1.89 bits per heavy atom. The number of hydrogen-bond donors (Lipinski definition) is 2. The van der Waals surface area contributed by atoms with Crippen LogP contribution in [0.3, 0.4) is 0 Å². The Hall–Kier alpha value is -1.22. The highest BCUT2D eigenvalue weighted by Crippen LogP contribution is 2.12. The summed E-state index contributed by atoms with van der Waals surface area (Å²) in [4.78, 5) is 11.7. The molecule has 0 aliphatic carbocycles. The number of para-hydroxylation sites is 1. The number of anilines is 1. The molecule has 0 bridgehead atoms. The lowest BCUT2D eigenvalue weighted by atomic mass is 10.1. The van der Waals surface area contributed by atoms with Crippen LogP contribution in [-0.4, -0.2) is 11.9 Å². The van der Waals surface area contributed by atoms with Crippen LogP contribution in [0.2, 0.25) is 0 Å². The molecular formula is C14H23ClN2O. The smallest absolute Gasteiger partial charge is 0.220 e. The molecule has 0 atom stereocenters. The van der Waals surface area contributed by atoms with E-state index in [1.54, 1.807) is 0 Å². The normalized spacial score (nSPS) is 9.94. The highest BCUT2D eigenvalue weighted by molar-refractivity contribution is 5.85. The minimum Gasteiger partial charge on any atom is -0.399 e. The lowest BCUT2D eigenvalue weighted by Crippen LogP contribution is -2.33. The van der Waals surface area contributed by atoms with Gasteiger partial charge in [-0.05, 0) is 30.9 Å². The molecule has 0 fully saturated rings. The maximum absolute atomic E-state index is 11.7. The van der Waals surface area contributed by atoms with Crippen LogP contribution in [0.5, 0.6) is 0 Å². The predicted octanol–water partition coefficient (Wildman–Crippen LogP) is 2.93. The molecule has 0 saturated carbocycles. The molecule has 1 amide bonds. The maximum Gasteiger partial charge on any atom is 0.220 e. The monoisotopic (exact) mass is 270 g/mol. The van der Waals surface area contributed by atoms with E-state index in [0.717, 1.165) is 24.1 Å². The fraction of sp³-hybridized carbons (Fsp3) is 0.500. The van der Waals surface area contributed by atoms with Crippen LogP contribution < -0.4 is 11.1 Å². The van der Waals surface area contributed by atoms with Crippen molar-refractivity contribution in [1.29, 1.82) is 0 Å². The van der Waals surface area contributed by atoms with Crippen molar-refractivity contribution in [2.45, 2.75) is 45.6 Å². The molecule has 3 N–H and O–H groups in total. The number of nitrogens with one attached hydrogen (secondary N) is 1. The number of rotatable bonds is 6. The van der Waals surface area contributed by atoms with Crippen molar-refractivity contribution in [1.82, 2.24) is 5.32 Å². The maximum atomic E-state index is 11.7. The van der Waals surface area contributed by atoms with Gasteiger partial charge in [0.1, 0.15) is 0 Å². The van der Waals surface area contributed by atoms with E-state index in [1.807, 2.05) is 24.3 Å². The molecule has 102 valence electrons. The molecule has 0 spiro atoms. The summed E-state index contributed by atoms with van der Waals surface area (Å²) in [6, 6.07) is 8.00. The van der Waals surface area contributed by atoms with Crippen LogP contribution in [0.15, 0.2) is 24.3 Å². The standard InChI is InChI=1S/C14H22N2O.ClH/c1-3-12(4-2)16-14(17)10-9-11-7-5-6-8-13(11)15;/h5-8,12H,3-4,9-10,15H2,1-2H3,(H,16,17);1H. The highest BCUT2D eigenvalue weighted by atomic mass is 35.5. The number of halogens is 1. The quantitative estimate of drug-likeness (QED) is 0.781. The van der Waals surface area contributed by atoms with Gasteiger partial charge in [-0.3, -0.25) is 4.79 Å². The molecule has 0 aromatic heterocycles. The number of nitrogen functional groups attached to an aromatic ring is 1. The number of aryl methyl sites for hydroxylation is 1. The number of hydrogen-bond acceptors (Lipinski definition) is 2. The molecule has 4 heteroatoms. The molecule has 0 heterocycles. The zero-order chi connectivity index (χ0) is 12.7. The molecular weight excluding hydrogens is 248 g/mol. The first-order valence-corrected chi connectivity index (χ1v) is 6.30. The van der Waals surface area contributed by atoms with E-state index < -0.39 is 0 Å². The predicted molar refractivity (Wildman–Crippen MR) is 78.9 cm³/mol. The van der Waals surface area contributed by atoms with E-state index in [4.69, 9.17) is 5.73 Å². The van der Waals surface area contributed by atoms with Gasteiger partial charge in [0.05, 0.1) is 0 Å². The van der Waals surface area contributed by atoms with Gasteiger partial charge in [0, 0.05) is 18.2 Å². The van der Waals surface area contributed by atoms with Crippen LogP contribution >= 0.6 is 12.4 Å². The van der Waals surface area contributed by atoms with Crippen molar-refractivity contribution in [3.05, 3.63) is 29.8 Å². The van der Waals surface area contributed by atoms with Crippen molar-refractivity contribution < 1.29 is 4.79 Å². The molecule has 0 unspecified atom stereocenters. The first-order valence-electron chi connectivity index (χ1n) is 6.30. The van der Waals surface area contributed by atoms with Gasteiger partial charge in [-0.1, -0.05) is 32.0 Å². The number of carbonyl (C=O) groups is 1. The summed E-state index contributed by atoms with van der Waals surface area (Å²) in [5.74, 6) is 0.113. The summed E-state index contributed by atoms with van der Waals surface area (Å²) in [5, 5.41) is 3.03. The highest BCUT2D eigenvalue weighted by Gasteiger charge is 2.08. The average molecular weight is 271 g/mol. The van der Waals surface area contributed by atoms with Crippen LogP contribution in [0.4, 0.5) is 5.69 Å². The largest absolute Gasteiger partial charge is 0.399 e. The van der Waals surface area contributed by atoms with Gasteiger partial charge in [0.15, 0.2) is 0 Å². The molecule has 1 aromatic rings. The van der Waals surface area contributed by atoms with Crippen molar-refractivity contribution in [3.63, 3.8) is 0 Å². The second-order valence-corrected chi connectivity index (χ2v) is 4.28. The Morgan fingerprint density at radius 1 is 1.28 bits per heavy atom. The van der Waals surface area contributed by atoms with Gasteiger partial charge < -0.3 is 11.1 Å². The van der Waals surface area contributed by atoms with Crippen molar-refractivity contribution in [3.8, 4) is 0 Å². The number of amides is 1. The molecule has 0 aliphatic heterocycles. The van der Waals surface area contributed by atoms with E-state index in [9.17, 15) is 4.79 Å². The molecule has 0 aliphatic rings. The second-order valence-electron chi connectivity index (χ2n) is 4.28. The second kappa shape index (κ2) is 8.81. The Labute approximate surface area is 116 Å². The molecule has 1 rings (SSSR count). The zero-order valence-electron chi connectivity index (χ0n) is 11.1. The molecule has 0 radical (unpaired) electrons. The van der Waals surface area contributed by atoms with Gasteiger partial charge in [0.25, 0.3) is 0 Å².